The van der Waals surface area contributed by atoms with Crippen molar-refractivity contribution in [3.05, 3.63) is 22.4 Å². The average Bonchev–Trinajstić information content (AvgIpc) is 2.48. The zero-order valence-corrected chi connectivity index (χ0v) is 14.6. The van der Waals surface area contributed by atoms with Gasteiger partial charge in [0.05, 0.1) is 23.9 Å². The number of halogens is 1. The monoisotopic (exact) mass is 385 g/mol. The number of pyridine rings is 1. The van der Waals surface area contributed by atoms with E-state index < -0.39 is 17.8 Å². The topological polar surface area (TPSA) is 108 Å². The van der Waals surface area contributed by atoms with Crippen molar-refractivity contribution < 1.29 is 19.5 Å². The Balaban J connectivity index is 2.99. The maximum Gasteiger partial charge on any atom is 0.304 e. The van der Waals surface area contributed by atoms with Crippen LogP contribution in [0, 0.1) is 5.92 Å². The quantitative estimate of drug-likeness (QED) is 0.595. The highest BCUT2D eigenvalue weighted by Gasteiger charge is 2.23. The van der Waals surface area contributed by atoms with Gasteiger partial charge in [0.15, 0.2) is 0 Å². The summed E-state index contributed by atoms with van der Waals surface area (Å²) in [5.74, 6) is -2.44. The summed E-state index contributed by atoms with van der Waals surface area (Å²) >= 11 is 3.19. The number of carbonyl (C=O) groups excluding carboxylic acids is 2. The van der Waals surface area contributed by atoms with Crippen molar-refractivity contribution in [1.29, 1.82) is 0 Å². The first-order valence-electron chi connectivity index (χ1n) is 7.35. The van der Waals surface area contributed by atoms with Gasteiger partial charge in [-0.25, -0.2) is 4.98 Å². The molecular weight excluding hydrogens is 366 g/mol. The van der Waals surface area contributed by atoms with E-state index in [0.29, 0.717) is 24.0 Å². The van der Waals surface area contributed by atoms with Crippen molar-refractivity contribution in [3.63, 3.8) is 0 Å². The second-order valence-electron chi connectivity index (χ2n) is 4.98. The summed E-state index contributed by atoms with van der Waals surface area (Å²) in [6.45, 7) is 4.11. The van der Waals surface area contributed by atoms with Crippen LogP contribution in [0.2, 0.25) is 0 Å². The van der Waals surface area contributed by atoms with Crippen LogP contribution < -0.4 is 10.6 Å². The Morgan fingerprint density at radius 2 is 2.04 bits per heavy atom. The van der Waals surface area contributed by atoms with E-state index in [1.54, 1.807) is 6.92 Å². The third-order valence-electron chi connectivity index (χ3n) is 3.14. The molecule has 1 aromatic rings. The third kappa shape index (κ3) is 5.97. The van der Waals surface area contributed by atoms with Gasteiger partial charge in [0.1, 0.15) is 4.60 Å². The molecule has 23 heavy (non-hydrogen) atoms. The molecule has 0 aromatic carbocycles. The molecule has 0 fully saturated rings. The first-order chi connectivity index (χ1) is 10.9. The van der Waals surface area contributed by atoms with Crippen LogP contribution in [0.25, 0.3) is 0 Å². The lowest BCUT2D eigenvalue weighted by Crippen LogP contribution is -2.28. The maximum atomic E-state index is 12.3. The highest BCUT2D eigenvalue weighted by molar-refractivity contribution is 9.10. The van der Waals surface area contributed by atoms with Gasteiger partial charge in [0.2, 0.25) is 5.91 Å². The van der Waals surface area contributed by atoms with Crippen molar-refractivity contribution in [3.8, 4) is 0 Å². The van der Waals surface area contributed by atoms with Gasteiger partial charge in [-0.2, -0.15) is 0 Å². The second-order valence-corrected chi connectivity index (χ2v) is 5.80. The SMILES string of the molecule is CCC[C@@H](CC(=O)O)C(=O)Nc1cnc(Br)cc1C(=O)NCC. The van der Waals surface area contributed by atoms with Crippen molar-refractivity contribution in [1.82, 2.24) is 10.3 Å². The number of carboxylic acids is 1. The molecule has 0 bridgehead atoms. The molecule has 2 amide bonds. The summed E-state index contributed by atoms with van der Waals surface area (Å²) in [6.07, 6.45) is 2.27. The third-order valence-corrected chi connectivity index (χ3v) is 3.57. The van der Waals surface area contributed by atoms with E-state index in [0.717, 1.165) is 0 Å². The summed E-state index contributed by atoms with van der Waals surface area (Å²) < 4.78 is 0.465. The highest BCUT2D eigenvalue weighted by Crippen LogP contribution is 2.21. The van der Waals surface area contributed by atoms with E-state index in [-0.39, 0.29) is 23.6 Å². The maximum absolute atomic E-state index is 12.3. The fourth-order valence-corrected chi connectivity index (χ4v) is 2.42. The lowest BCUT2D eigenvalue weighted by atomic mass is 9.98. The Morgan fingerprint density at radius 1 is 1.35 bits per heavy atom. The van der Waals surface area contributed by atoms with E-state index in [1.807, 2.05) is 6.92 Å². The Morgan fingerprint density at radius 3 is 2.61 bits per heavy atom. The summed E-state index contributed by atoms with van der Waals surface area (Å²) in [4.78, 5) is 39.3. The van der Waals surface area contributed by atoms with E-state index in [9.17, 15) is 14.4 Å². The number of carboxylic acid groups (broad SMARTS) is 1. The molecule has 0 aliphatic rings. The summed E-state index contributed by atoms with van der Waals surface area (Å²) in [5.41, 5.74) is 0.531. The molecule has 3 N–H and O–H groups in total. The molecule has 0 unspecified atom stereocenters. The summed E-state index contributed by atoms with van der Waals surface area (Å²) in [7, 11) is 0. The molecule has 0 saturated carbocycles. The van der Waals surface area contributed by atoms with Crippen molar-refractivity contribution in [2.75, 3.05) is 11.9 Å². The van der Waals surface area contributed by atoms with Gasteiger partial charge in [-0.1, -0.05) is 13.3 Å². The van der Waals surface area contributed by atoms with E-state index in [2.05, 4.69) is 31.5 Å². The molecule has 0 saturated heterocycles. The molecule has 0 aliphatic heterocycles. The first kappa shape index (κ1) is 19.1. The zero-order valence-electron chi connectivity index (χ0n) is 13.1. The summed E-state index contributed by atoms with van der Waals surface area (Å²) in [5, 5.41) is 14.2. The van der Waals surface area contributed by atoms with Gasteiger partial charge in [-0.05, 0) is 35.3 Å². The minimum Gasteiger partial charge on any atom is -0.481 e. The van der Waals surface area contributed by atoms with Crippen LogP contribution >= 0.6 is 15.9 Å². The number of aliphatic carboxylic acids is 1. The van der Waals surface area contributed by atoms with Crippen LogP contribution in [0.1, 0.15) is 43.5 Å². The Bertz CT molecular complexity index is 592. The summed E-state index contributed by atoms with van der Waals surface area (Å²) in [6, 6.07) is 1.51. The van der Waals surface area contributed by atoms with Gasteiger partial charge < -0.3 is 15.7 Å². The van der Waals surface area contributed by atoms with Gasteiger partial charge in [0, 0.05) is 12.5 Å². The predicted octanol–water partition coefficient (Wildman–Crippen LogP) is 2.42. The fourth-order valence-electron chi connectivity index (χ4n) is 2.09. The van der Waals surface area contributed by atoms with Crippen LogP contribution in [0.4, 0.5) is 5.69 Å². The number of aromatic nitrogens is 1. The van der Waals surface area contributed by atoms with Crippen molar-refractivity contribution >= 4 is 39.4 Å². The number of amides is 2. The average molecular weight is 386 g/mol. The molecule has 1 heterocycles. The molecule has 1 atom stereocenters. The molecular formula is C15H20BrN3O4. The number of carbonyl (C=O) groups is 3. The van der Waals surface area contributed by atoms with Crippen LogP contribution in [0.3, 0.4) is 0 Å². The van der Waals surface area contributed by atoms with Gasteiger partial charge in [0.25, 0.3) is 5.91 Å². The number of hydrogen-bond donors (Lipinski definition) is 3. The minimum absolute atomic E-state index is 0.250. The molecule has 126 valence electrons. The Hall–Kier alpha value is -1.96. The van der Waals surface area contributed by atoms with Crippen molar-refractivity contribution in [2.45, 2.75) is 33.1 Å². The largest absolute Gasteiger partial charge is 0.481 e. The van der Waals surface area contributed by atoms with Gasteiger partial charge in [-0.3, -0.25) is 14.4 Å². The van der Waals surface area contributed by atoms with E-state index in [4.69, 9.17) is 5.11 Å². The van der Waals surface area contributed by atoms with E-state index in [1.165, 1.54) is 12.3 Å². The number of rotatable bonds is 8. The highest BCUT2D eigenvalue weighted by atomic mass is 79.9. The lowest BCUT2D eigenvalue weighted by Gasteiger charge is -2.16. The first-order valence-corrected chi connectivity index (χ1v) is 8.14. The second kappa shape index (κ2) is 9.24. The molecule has 0 radical (unpaired) electrons. The molecule has 0 aliphatic carbocycles. The fraction of sp³-hybridized carbons (Fsp3) is 0.467. The Kier molecular flexibility index (Phi) is 7.67. The normalized spacial score (nSPS) is 11.6. The molecule has 1 aromatic heterocycles. The van der Waals surface area contributed by atoms with Gasteiger partial charge >= 0.3 is 5.97 Å². The van der Waals surface area contributed by atoms with Crippen LogP contribution in [-0.4, -0.2) is 34.4 Å². The van der Waals surface area contributed by atoms with Crippen LogP contribution in [0.15, 0.2) is 16.9 Å². The number of hydrogen-bond acceptors (Lipinski definition) is 4. The smallest absolute Gasteiger partial charge is 0.304 e. The van der Waals surface area contributed by atoms with Crippen LogP contribution in [0.5, 0.6) is 0 Å². The predicted molar refractivity (Wildman–Crippen MR) is 89.2 cm³/mol. The van der Waals surface area contributed by atoms with E-state index >= 15 is 0 Å². The Labute approximate surface area is 143 Å². The molecule has 8 heteroatoms. The number of anilines is 1. The lowest BCUT2D eigenvalue weighted by molar-refractivity contribution is -0.140. The van der Waals surface area contributed by atoms with Crippen molar-refractivity contribution in [2.24, 2.45) is 5.92 Å². The number of nitrogens with one attached hydrogen (secondary N) is 2. The molecule has 1 rings (SSSR count). The molecule has 0 spiro atoms. The standard InChI is InChI=1S/C15H20BrN3O4/c1-3-5-9(6-13(20)21)14(22)19-11-8-18-12(16)7-10(11)15(23)17-4-2/h7-9H,3-6H2,1-2H3,(H,17,23)(H,19,22)(H,20,21)/t9-/m0/s1. The van der Waals surface area contributed by atoms with Gasteiger partial charge in [-0.15, -0.1) is 0 Å². The molecule has 7 nitrogen and oxygen atoms in total. The number of nitrogens with zero attached hydrogens (tertiary/aromatic N) is 1. The zero-order chi connectivity index (χ0) is 17.4. The van der Waals surface area contributed by atoms with Crippen LogP contribution in [-0.2, 0) is 9.59 Å². The minimum atomic E-state index is -1.03.